The minimum absolute atomic E-state index is 0.0156. The third-order valence-corrected chi connectivity index (χ3v) is 14.0. The minimum atomic E-state index is -1.66. The fraction of sp³-hybridized carbons (Fsp3) is 0.596. The minimum Gasteiger partial charge on any atom is -0.477 e. The highest BCUT2D eigenvalue weighted by Gasteiger charge is 2.42. The molecular weight excluding hydrogens is 901 g/mol. The lowest BCUT2D eigenvalue weighted by molar-refractivity contribution is -0.150. The molecule has 3 N–H and O–H groups in total. The summed E-state index contributed by atoms with van der Waals surface area (Å²) in [5.41, 5.74) is -2.01. The van der Waals surface area contributed by atoms with Gasteiger partial charge in [0.15, 0.2) is 0 Å². The summed E-state index contributed by atoms with van der Waals surface area (Å²) >= 11 is 0. The van der Waals surface area contributed by atoms with E-state index in [0.29, 0.717) is 75.6 Å². The summed E-state index contributed by atoms with van der Waals surface area (Å²) < 4.78 is 16.8. The number of nitriles is 3. The van der Waals surface area contributed by atoms with E-state index in [-0.39, 0.29) is 52.7 Å². The summed E-state index contributed by atoms with van der Waals surface area (Å²) in [6.07, 6.45) is 6.82. The van der Waals surface area contributed by atoms with E-state index < -0.39 is 94.5 Å². The van der Waals surface area contributed by atoms with Crippen LogP contribution in [0.3, 0.4) is 0 Å². The lowest BCUT2D eigenvalue weighted by Crippen LogP contribution is -2.33. The Morgan fingerprint density at radius 1 is 0.457 bits per heavy atom. The number of carboxylic acid groups (broad SMARTS) is 3. The van der Waals surface area contributed by atoms with Crippen LogP contribution in [-0.4, -0.2) is 125 Å². The van der Waals surface area contributed by atoms with Gasteiger partial charge in [-0.05, 0) is 110 Å². The number of hydrogen-bond donors (Lipinski definition) is 3. The molecule has 6 rings (SSSR count). The van der Waals surface area contributed by atoms with Gasteiger partial charge in [0.05, 0.1) is 22.6 Å². The zero-order valence-corrected chi connectivity index (χ0v) is 41.1. The SMILES string of the molecule is CC1(C)CC(N2CCCC2)=C(C#N)/C(=C(\C(=O)O)C(=O)OCC(COC(=O)/C(C(=O)O)=C2\CC(C)(C)CC(N3CCCC3)=C2C#N)COC(=O)/C(C(=O)O)=C2\CC(C)(C)CC(N3CCCC3)=C2C#N)C1. The number of carbonyl (C=O) groups is 6. The Bertz CT molecular complexity index is 2260. The number of esters is 3. The molecule has 374 valence electrons. The normalized spacial score (nSPS) is 23.1. The molecule has 0 radical (unpaired) electrons. The van der Waals surface area contributed by atoms with E-state index in [4.69, 9.17) is 14.2 Å². The number of carbonyl (C=O) groups excluding carboxylic acids is 3. The summed E-state index contributed by atoms with van der Waals surface area (Å²) in [5, 5.41) is 62.8. The van der Waals surface area contributed by atoms with E-state index in [1.54, 1.807) is 0 Å². The van der Waals surface area contributed by atoms with Crippen LogP contribution in [0.2, 0.25) is 0 Å². The Hall–Kier alpha value is -6.87. The average molecular weight is 965 g/mol. The molecule has 3 aliphatic heterocycles. The highest BCUT2D eigenvalue weighted by atomic mass is 16.6. The quantitative estimate of drug-likeness (QED) is 0.0522. The number of aliphatic carboxylic acids is 3. The van der Waals surface area contributed by atoms with Crippen LogP contribution in [0.15, 0.2) is 67.2 Å². The molecular formula is C52H64N6O12. The van der Waals surface area contributed by atoms with Crippen LogP contribution in [0.1, 0.15) is 119 Å². The zero-order valence-electron chi connectivity index (χ0n) is 41.1. The molecule has 0 aromatic heterocycles. The molecule has 0 unspecified atom stereocenters. The summed E-state index contributed by atoms with van der Waals surface area (Å²) in [4.78, 5) is 87.1. The Morgan fingerprint density at radius 2 is 0.686 bits per heavy atom. The van der Waals surface area contributed by atoms with E-state index in [9.17, 15) is 59.9 Å². The van der Waals surface area contributed by atoms with Crippen molar-refractivity contribution in [3.05, 3.63) is 67.2 Å². The first-order valence-electron chi connectivity index (χ1n) is 24.1. The second kappa shape index (κ2) is 21.4. The second-order valence-electron chi connectivity index (χ2n) is 21.6. The summed E-state index contributed by atoms with van der Waals surface area (Å²) in [5.74, 6) is -10.4. The molecule has 0 aromatic carbocycles. The molecule has 3 aliphatic carbocycles. The van der Waals surface area contributed by atoms with E-state index in [1.165, 1.54) is 0 Å². The van der Waals surface area contributed by atoms with Crippen LogP contribution in [0.5, 0.6) is 0 Å². The first kappa shape index (κ1) is 52.5. The number of allylic oxidation sites excluding steroid dienone is 9. The standard InChI is InChI=1S/C52H64N6O12/c1-50(2)19-32(35(25-53)38(22-50)56-13-7-8-14-56)41(44(59)60)47(65)68-28-31(29-69-48(66)42(45(61)62)33-20-51(3,4)23-39(36(33)26-54)57-15-9-10-16-57)30-70-49(67)43(46(63)64)34-21-52(5,6)24-40(37(34)27-55)58-17-11-12-18-58/h31H,7-24,28-30H2,1-6H3,(H,59,60)(H,61,62)(H,63,64)/b41-32+,42-33+,43-34+. The van der Waals surface area contributed by atoms with Gasteiger partial charge in [-0.3, -0.25) is 0 Å². The van der Waals surface area contributed by atoms with Crippen molar-refractivity contribution in [2.75, 3.05) is 59.1 Å². The van der Waals surface area contributed by atoms with Crippen LogP contribution in [0, 0.1) is 56.2 Å². The number of hydrogen-bond acceptors (Lipinski definition) is 15. The lowest BCUT2D eigenvalue weighted by atomic mass is 9.72. The molecule has 0 atom stereocenters. The molecule has 3 heterocycles. The van der Waals surface area contributed by atoms with E-state index in [1.807, 2.05) is 56.2 Å². The van der Waals surface area contributed by atoms with Crippen molar-refractivity contribution < 1.29 is 58.3 Å². The van der Waals surface area contributed by atoms with Gasteiger partial charge in [0.1, 0.15) is 54.7 Å². The molecule has 3 fully saturated rings. The summed E-state index contributed by atoms with van der Waals surface area (Å²) in [6.45, 7) is 13.0. The molecule has 18 heteroatoms. The Balaban J connectivity index is 1.36. The van der Waals surface area contributed by atoms with Crippen molar-refractivity contribution in [3.63, 3.8) is 0 Å². The largest absolute Gasteiger partial charge is 0.477 e. The van der Waals surface area contributed by atoms with E-state index in [0.717, 1.165) is 38.5 Å². The first-order chi connectivity index (χ1) is 33.0. The van der Waals surface area contributed by atoms with Gasteiger partial charge in [-0.25, -0.2) is 28.8 Å². The monoisotopic (exact) mass is 964 g/mol. The molecule has 0 bridgehead atoms. The van der Waals surface area contributed by atoms with Gasteiger partial charge < -0.3 is 44.2 Å². The number of carboxylic acids is 3. The van der Waals surface area contributed by atoms with Crippen LogP contribution < -0.4 is 0 Å². The zero-order chi connectivity index (χ0) is 51.3. The van der Waals surface area contributed by atoms with Gasteiger partial charge in [0.25, 0.3) is 0 Å². The van der Waals surface area contributed by atoms with Gasteiger partial charge in [-0.1, -0.05) is 41.5 Å². The van der Waals surface area contributed by atoms with Crippen molar-refractivity contribution in [1.29, 1.82) is 15.8 Å². The molecule has 18 nitrogen and oxygen atoms in total. The molecule has 0 aromatic rings. The maximum atomic E-state index is 14.0. The van der Waals surface area contributed by atoms with E-state index >= 15 is 0 Å². The third kappa shape index (κ3) is 11.8. The fourth-order valence-corrected chi connectivity index (χ4v) is 10.8. The Kier molecular flexibility index (Phi) is 16.1. The maximum absolute atomic E-state index is 14.0. The van der Waals surface area contributed by atoms with Crippen LogP contribution in [0.25, 0.3) is 0 Å². The third-order valence-electron chi connectivity index (χ3n) is 14.0. The van der Waals surface area contributed by atoms with Gasteiger partial charge in [0.2, 0.25) is 0 Å². The van der Waals surface area contributed by atoms with Crippen LogP contribution in [0.4, 0.5) is 0 Å². The molecule has 6 aliphatic rings. The summed E-state index contributed by atoms with van der Waals surface area (Å²) in [7, 11) is 0. The first-order valence-corrected chi connectivity index (χ1v) is 24.1. The predicted octanol–water partition coefficient (Wildman–Crippen LogP) is 6.46. The molecule has 0 amide bonds. The van der Waals surface area contributed by atoms with Crippen molar-refractivity contribution in [1.82, 2.24) is 14.7 Å². The highest BCUT2D eigenvalue weighted by molar-refractivity contribution is 6.16. The Labute approximate surface area is 408 Å². The van der Waals surface area contributed by atoms with Crippen molar-refractivity contribution in [2.45, 2.75) is 119 Å². The van der Waals surface area contributed by atoms with Crippen molar-refractivity contribution in [2.24, 2.45) is 22.2 Å². The second-order valence-corrected chi connectivity index (χ2v) is 21.6. The number of nitrogens with zero attached hydrogens (tertiary/aromatic N) is 6. The number of likely N-dealkylation sites (tertiary alicyclic amines) is 3. The van der Waals surface area contributed by atoms with Gasteiger partial charge in [-0.2, -0.15) is 15.8 Å². The van der Waals surface area contributed by atoms with Gasteiger partial charge >= 0.3 is 35.8 Å². The van der Waals surface area contributed by atoms with Gasteiger partial charge in [-0.15, -0.1) is 0 Å². The average Bonchev–Trinajstić information content (AvgIpc) is 4.10. The molecule has 0 saturated carbocycles. The van der Waals surface area contributed by atoms with Crippen molar-refractivity contribution >= 4 is 35.8 Å². The van der Waals surface area contributed by atoms with Crippen LogP contribution in [-0.2, 0) is 43.0 Å². The van der Waals surface area contributed by atoms with Crippen molar-refractivity contribution in [3.8, 4) is 18.2 Å². The highest BCUT2D eigenvalue weighted by Crippen LogP contribution is 2.47. The lowest BCUT2D eigenvalue weighted by Gasteiger charge is -2.37. The molecule has 70 heavy (non-hydrogen) atoms. The Morgan fingerprint density at radius 3 is 0.886 bits per heavy atom. The van der Waals surface area contributed by atoms with Crippen LogP contribution >= 0.6 is 0 Å². The van der Waals surface area contributed by atoms with Gasteiger partial charge in [0, 0.05) is 56.4 Å². The number of ether oxygens (including phenoxy) is 3. The van der Waals surface area contributed by atoms with E-state index in [2.05, 4.69) is 18.2 Å². The predicted molar refractivity (Wildman–Crippen MR) is 250 cm³/mol. The maximum Gasteiger partial charge on any atom is 0.345 e. The fourth-order valence-electron chi connectivity index (χ4n) is 10.8. The number of rotatable bonds is 15. The topological polar surface area (TPSA) is 272 Å². The summed E-state index contributed by atoms with van der Waals surface area (Å²) in [6, 6.07) is 6.40. The molecule has 3 saturated heterocycles. The smallest absolute Gasteiger partial charge is 0.345 e. The molecule has 0 spiro atoms.